The van der Waals surface area contributed by atoms with Crippen LogP contribution < -0.4 is 14.8 Å². The third-order valence-corrected chi connectivity index (χ3v) is 7.74. The number of piperidine rings is 1. The minimum absolute atomic E-state index is 0.431. The van der Waals surface area contributed by atoms with E-state index in [1.165, 1.54) is 25.8 Å². The molecule has 7 nitrogen and oxygen atoms in total. The maximum absolute atomic E-state index is 6.33. The van der Waals surface area contributed by atoms with E-state index in [0.717, 1.165) is 73.2 Å². The Morgan fingerprint density at radius 2 is 1.82 bits per heavy atom. The van der Waals surface area contributed by atoms with Crippen molar-refractivity contribution >= 4 is 16.9 Å². The van der Waals surface area contributed by atoms with Crippen molar-refractivity contribution in [2.24, 2.45) is 5.92 Å². The third-order valence-electron chi connectivity index (χ3n) is 7.74. The lowest BCUT2D eigenvalue weighted by Crippen LogP contribution is -2.38. The van der Waals surface area contributed by atoms with Crippen molar-refractivity contribution in [3.8, 4) is 11.5 Å². The number of benzene rings is 1. The molecule has 2 aromatic rings. The van der Waals surface area contributed by atoms with Gasteiger partial charge in [0, 0.05) is 49.0 Å². The van der Waals surface area contributed by atoms with E-state index in [0.29, 0.717) is 23.8 Å². The van der Waals surface area contributed by atoms with E-state index in [9.17, 15) is 0 Å². The average Bonchev–Trinajstić information content (AvgIpc) is 3.59. The topological polar surface area (TPSA) is 62.8 Å². The fraction of sp³-hybridized carbons (Fsp3) is 0.692. The van der Waals surface area contributed by atoms with Crippen molar-refractivity contribution in [3.05, 3.63) is 17.8 Å². The second kappa shape index (κ2) is 9.63. The predicted molar refractivity (Wildman–Crippen MR) is 133 cm³/mol. The van der Waals surface area contributed by atoms with Gasteiger partial charge < -0.3 is 19.7 Å². The lowest BCUT2D eigenvalue weighted by molar-refractivity contribution is 0.171. The van der Waals surface area contributed by atoms with Crippen LogP contribution in [-0.2, 0) is 0 Å². The van der Waals surface area contributed by atoms with E-state index in [-0.39, 0.29) is 0 Å². The first-order valence-corrected chi connectivity index (χ1v) is 12.7. The first-order chi connectivity index (χ1) is 16.1. The van der Waals surface area contributed by atoms with Crippen LogP contribution in [0.5, 0.6) is 11.5 Å². The number of hydrogen-bond acceptors (Lipinski definition) is 7. The fourth-order valence-electron chi connectivity index (χ4n) is 5.52. The molecule has 1 aromatic carbocycles. The Labute approximate surface area is 197 Å². The van der Waals surface area contributed by atoms with Gasteiger partial charge in [-0.05, 0) is 71.7 Å². The largest absolute Gasteiger partial charge is 0.493 e. The Kier molecular flexibility index (Phi) is 6.61. The van der Waals surface area contributed by atoms with Crippen LogP contribution in [0, 0.1) is 5.92 Å². The highest BCUT2D eigenvalue weighted by Crippen LogP contribution is 2.39. The van der Waals surface area contributed by atoms with Gasteiger partial charge in [-0.15, -0.1) is 0 Å². The number of methoxy groups -OCH3 is 1. The second-order valence-corrected chi connectivity index (χ2v) is 10.3. The molecule has 1 atom stereocenters. The van der Waals surface area contributed by atoms with Crippen molar-refractivity contribution in [1.82, 2.24) is 19.8 Å². The van der Waals surface area contributed by atoms with Crippen molar-refractivity contribution in [3.63, 3.8) is 0 Å². The molecule has 0 unspecified atom stereocenters. The maximum atomic E-state index is 6.33. The smallest absolute Gasteiger partial charge is 0.223 e. The Morgan fingerprint density at radius 1 is 1.03 bits per heavy atom. The number of anilines is 1. The molecule has 0 amide bonds. The molecule has 0 radical (unpaired) electrons. The van der Waals surface area contributed by atoms with Crippen molar-refractivity contribution < 1.29 is 9.47 Å². The summed E-state index contributed by atoms with van der Waals surface area (Å²) in [6.45, 7) is 9.88. The summed E-state index contributed by atoms with van der Waals surface area (Å²) in [5.41, 5.74) is 2.06. The van der Waals surface area contributed by atoms with Crippen molar-refractivity contribution in [1.29, 1.82) is 0 Å². The van der Waals surface area contributed by atoms with Gasteiger partial charge in [0.05, 0.1) is 24.9 Å². The number of ether oxygens (including phenoxy) is 2. The molecule has 3 heterocycles. The normalized spacial score (nSPS) is 22.9. The summed E-state index contributed by atoms with van der Waals surface area (Å²) >= 11 is 0. The zero-order valence-electron chi connectivity index (χ0n) is 20.6. The molecule has 180 valence electrons. The van der Waals surface area contributed by atoms with E-state index in [1.54, 1.807) is 7.11 Å². The van der Waals surface area contributed by atoms with Gasteiger partial charge in [0.2, 0.25) is 5.95 Å². The van der Waals surface area contributed by atoms with Gasteiger partial charge in [-0.2, -0.15) is 0 Å². The summed E-state index contributed by atoms with van der Waals surface area (Å²) in [6.07, 6.45) is 6.20. The third kappa shape index (κ3) is 4.90. The van der Waals surface area contributed by atoms with Gasteiger partial charge in [0.1, 0.15) is 0 Å². The van der Waals surface area contributed by atoms with Gasteiger partial charge in [0.15, 0.2) is 11.5 Å². The molecule has 3 fully saturated rings. The highest BCUT2D eigenvalue weighted by Gasteiger charge is 2.34. The molecule has 2 aliphatic heterocycles. The molecule has 2 saturated heterocycles. The van der Waals surface area contributed by atoms with Crippen molar-refractivity contribution in [2.75, 3.05) is 52.3 Å². The molecular weight excluding hydrogens is 414 g/mol. The Hall–Kier alpha value is -2.12. The summed E-state index contributed by atoms with van der Waals surface area (Å²) < 4.78 is 12.1. The number of fused-ring (bicyclic) bond motifs is 1. The molecule has 1 saturated carbocycles. The Balaban J connectivity index is 1.38. The minimum atomic E-state index is 0.431. The van der Waals surface area contributed by atoms with Gasteiger partial charge >= 0.3 is 0 Å². The standard InChI is InChI=1S/C26H39N5O2/c1-17(2)30-11-8-19(9-12-30)25-21-13-23(32-4)24(14-22(21)28-26(27-3)29-25)33-16-18-7-10-31(15-18)20-5-6-20/h13-14,17-20H,5-12,15-16H2,1-4H3,(H,27,28,29)/t18-/m0/s1. The number of likely N-dealkylation sites (tertiary alicyclic amines) is 2. The molecule has 1 N–H and O–H groups in total. The van der Waals surface area contributed by atoms with Crippen LogP contribution in [0.2, 0.25) is 0 Å². The molecule has 1 aromatic heterocycles. The fourth-order valence-corrected chi connectivity index (χ4v) is 5.52. The quantitative estimate of drug-likeness (QED) is 0.645. The van der Waals surface area contributed by atoms with Gasteiger partial charge in [-0.25, -0.2) is 9.97 Å². The first kappa shape index (κ1) is 22.7. The van der Waals surface area contributed by atoms with Crippen LogP contribution in [0.25, 0.3) is 10.9 Å². The van der Waals surface area contributed by atoms with Crippen molar-refractivity contribution in [2.45, 2.75) is 64.0 Å². The molecular formula is C26H39N5O2. The van der Waals surface area contributed by atoms with E-state index in [1.807, 2.05) is 7.05 Å². The zero-order valence-corrected chi connectivity index (χ0v) is 20.6. The monoisotopic (exact) mass is 453 g/mol. The van der Waals surface area contributed by atoms with E-state index in [4.69, 9.17) is 19.4 Å². The van der Waals surface area contributed by atoms with E-state index >= 15 is 0 Å². The second-order valence-electron chi connectivity index (χ2n) is 10.3. The Bertz CT molecular complexity index is 969. The first-order valence-electron chi connectivity index (χ1n) is 12.7. The number of hydrogen-bond donors (Lipinski definition) is 1. The van der Waals surface area contributed by atoms with Crippen LogP contribution >= 0.6 is 0 Å². The predicted octanol–water partition coefficient (Wildman–Crippen LogP) is 4.13. The lowest BCUT2D eigenvalue weighted by Gasteiger charge is -2.34. The summed E-state index contributed by atoms with van der Waals surface area (Å²) in [4.78, 5) is 14.9. The van der Waals surface area contributed by atoms with E-state index < -0.39 is 0 Å². The Morgan fingerprint density at radius 3 is 2.48 bits per heavy atom. The van der Waals surface area contributed by atoms with Crippen LogP contribution in [-0.4, -0.2) is 78.8 Å². The summed E-state index contributed by atoms with van der Waals surface area (Å²) in [5, 5.41) is 4.25. The number of aromatic nitrogens is 2. The number of nitrogens with one attached hydrogen (secondary N) is 1. The lowest BCUT2D eigenvalue weighted by atomic mass is 9.90. The summed E-state index contributed by atoms with van der Waals surface area (Å²) in [6, 6.07) is 5.58. The van der Waals surface area contributed by atoms with Crippen LogP contribution in [0.15, 0.2) is 12.1 Å². The zero-order chi connectivity index (χ0) is 22.9. The van der Waals surface area contributed by atoms with E-state index in [2.05, 4.69) is 41.1 Å². The molecule has 0 bridgehead atoms. The van der Waals surface area contributed by atoms with Gasteiger partial charge in [-0.3, -0.25) is 4.90 Å². The molecule has 7 heteroatoms. The van der Waals surface area contributed by atoms with Gasteiger partial charge in [0.25, 0.3) is 0 Å². The number of rotatable bonds is 8. The summed E-state index contributed by atoms with van der Waals surface area (Å²) in [7, 11) is 3.61. The molecule has 5 rings (SSSR count). The van der Waals surface area contributed by atoms with Gasteiger partial charge in [-0.1, -0.05) is 0 Å². The maximum Gasteiger partial charge on any atom is 0.223 e. The number of nitrogens with zero attached hydrogens (tertiary/aromatic N) is 4. The highest BCUT2D eigenvalue weighted by molar-refractivity contribution is 5.86. The SMILES string of the molecule is CNc1nc(C2CCN(C(C)C)CC2)c2cc(OC)c(OC[C@H]3CCN(C4CC4)C3)cc2n1. The summed E-state index contributed by atoms with van der Waals surface area (Å²) in [5.74, 6) is 3.26. The van der Waals surface area contributed by atoms with Crippen LogP contribution in [0.4, 0.5) is 5.95 Å². The molecule has 33 heavy (non-hydrogen) atoms. The average molecular weight is 454 g/mol. The minimum Gasteiger partial charge on any atom is -0.493 e. The highest BCUT2D eigenvalue weighted by atomic mass is 16.5. The molecule has 3 aliphatic rings. The van der Waals surface area contributed by atoms with Crippen LogP contribution in [0.3, 0.4) is 0 Å². The van der Waals surface area contributed by atoms with Crippen LogP contribution in [0.1, 0.15) is 57.6 Å². The molecule has 0 spiro atoms. The molecule has 1 aliphatic carbocycles.